The first-order valence-corrected chi connectivity index (χ1v) is 16.8. The number of furan rings is 1. The zero-order valence-corrected chi connectivity index (χ0v) is 27.4. The van der Waals surface area contributed by atoms with Crippen molar-refractivity contribution in [1.82, 2.24) is 19.8 Å². The number of anilines is 2. The summed E-state index contributed by atoms with van der Waals surface area (Å²) in [6.07, 6.45) is 3.27. The van der Waals surface area contributed by atoms with Gasteiger partial charge in [0.25, 0.3) is 0 Å². The number of nitriles is 1. The molecular formula is C35H38F3N7O4. The number of hydrogen-bond acceptors (Lipinski definition) is 11. The molecule has 0 amide bonds. The summed E-state index contributed by atoms with van der Waals surface area (Å²) in [4.78, 5) is 15.8. The zero-order valence-electron chi connectivity index (χ0n) is 27.4. The predicted molar refractivity (Wildman–Crippen MR) is 176 cm³/mol. The summed E-state index contributed by atoms with van der Waals surface area (Å²) in [5.41, 5.74) is 6.97. The number of rotatable bonds is 5. The molecule has 9 rings (SSSR count). The minimum Gasteiger partial charge on any atom is -0.467 e. The van der Waals surface area contributed by atoms with Crippen LogP contribution in [0.5, 0.6) is 6.01 Å². The summed E-state index contributed by atoms with van der Waals surface area (Å²) >= 11 is 0. The van der Waals surface area contributed by atoms with Crippen molar-refractivity contribution >= 4 is 33.6 Å². The quantitative estimate of drug-likeness (QED) is 0.306. The number of ether oxygens (including phenoxy) is 2. The van der Waals surface area contributed by atoms with Gasteiger partial charge in [-0.1, -0.05) is 0 Å². The van der Waals surface area contributed by atoms with Crippen LogP contribution in [0, 0.1) is 23.0 Å². The average Bonchev–Trinajstić information content (AvgIpc) is 3.92. The summed E-state index contributed by atoms with van der Waals surface area (Å²) in [6.45, 7) is 5.82. The molecule has 0 radical (unpaired) electrons. The van der Waals surface area contributed by atoms with Crippen molar-refractivity contribution in [1.29, 1.82) is 5.26 Å². The molecule has 4 fully saturated rings. The number of likely N-dealkylation sites (tertiary alicyclic amines) is 1. The van der Waals surface area contributed by atoms with Gasteiger partial charge in [-0.2, -0.15) is 15.2 Å². The molecule has 5 aliphatic rings. The van der Waals surface area contributed by atoms with Crippen LogP contribution in [0.25, 0.3) is 33.0 Å². The fraction of sp³-hybridized carbons (Fsp3) is 0.514. The Morgan fingerprint density at radius 2 is 1.90 bits per heavy atom. The summed E-state index contributed by atoms with van der Waals surface area (Å²) in [7, 11) is 1.41. The second kappa shape index (κ2) is 12.3. The van der Waals surface area contributed by atoms with E-state index in [9.17, 15) is 14.8 Å². The number of hydrogen-bond donors (Lipinski definition) is 2. The molecule has 4 aromatic rings. The zero-order chi connectivity index (χ0) is 34.1. The number of aliphatic hydroxyl groups excluding tert-OH is 1. The molecule has 2 bridgehead atoms. The Balaban J connectivity index is 0.000000334. The Bertz CT molecular complexity index is 1990. The van der Waals surface area contributed by atoms with E-state index >= 15 is 8.78 Å². The minimum absolute atomic E-state index is 0.0150. The first kappa shape index (κ1) is 32.1. The van der Waals surface area contributed by atoms with Crippen molar-refractivity contribution in [2.24, 2.45) is 0 Å². The molecule has 5 unspecified atom stereocenters. The number of benzene rings is 2. The number of methoxy groups -OCH3 is 1. The Labute approximate surface area is 281 Å². The van der Waals surface area contributed by atoms with Gasteiger partial charge in [0, 0.05) is 55.4 Å². The minimum atomic E-state index is -0.767. The molecule has 5 aliphatic heterocycles. The molecule has 2 aromatic heterocycles. The monoisotopic (exact) mass is 677 g/mol. The average molecular weight is 678 g/mol. The summed E-state index contributed by atoms with van der Waals surface area (Å²) in [6, 6.07) is 5.44. The third kappa shape index (κ3) is 5.26. The standard InChI is InChI=1S/C28H26F2N6O4.C7H12FN/c1-12(37)7-35-8-14-5-13(35)9-36(14)27-22-17-11-39-10-16(17)21(24(30)25(22)33-28(34-27)38-2)23-18(29)3-4-19-20(23)15(6-31)26(32)40-19;8-6-4-7-2-1-3-9(7)5-6/h3-4,12-14,37H,5,7-11,32H2,1-2H3;6-7H,1-5H2. The van der Waals surface area contributed by atoms with Gasteiger partial charge in [0.1, 0.15) is 40.5 Å². The normalized spacial score (nSPS) is 25.1. The molecule has 7 heterocycles. The van der Waals surface area contributed by atoms with Crippen LogP contribution >= 0.6 is 0 Å². The van der Waals surface area contributed by atoms with Gasteiger partial charge in [0.15, 0.2) is 5.82 Å². The maximum atomic E-state index is 16.8. The van der Waals surface area contributed by atoms with Gasteiger partial charge in [-0.3, -0.25) is 9.80 Å². The Kier molecular flexibility index (Phi) is 8.06. The number of nitrogens with two attached hydrogens (primary N) is 1. The third-order valence-corrected chi connectivity index (χ3v) is 10.7. The summed E-state index contributed by atoms with van der Waals surface area (Å²) in [5, 5.41) is 20.3. The maximum Gasteiger partial charge on any atom is 0.318 e. The smallest absolute Gasteiger partial charge is 0.318 e. The van der Waals surface area contributed by atoms with E-state index < -0.39 is 23.9 Å². The van der Waals surface area contributed by atoms with Gasteiger partial charge in [0.05, 0.1) is 37.2 Å². The first-order chi connectivity index (χ1) is 23.7. The molecule has 14 heteroatoms. The molecule has 11 nitrogen and oxygen atoms in total. The number of aliphatic hydroxyl groups is 1. The van der Waals surface area contributed by atoms with Gasteiger partial charge >= 0.3 is 6.01 Å². The number of halogens is 3. The number of nitrogens with zero attached hydrogens (tertiary/aromatic N) is 6. The maximum absolute atomic E-state index is 16.8. The molecule has 0 saturated carbocycles. The SMILES string of the molecule is COc1nc(N2CC3CC2CN3CC(C)O)c2c3c(c(-c4c(F)ccc5oc(N)c(C#N)c45)c(F)c2n1)COC3.FC1CC2CCCN2C1. The van der Waals surface area contributed by atoms with E-state index in [1.807, 2.05) is 6.07 Å². The van der Waals surface area contributed by atoms with Crippen molar-refractivity contribution in [2.75, 3.05) is 50.5 Å². The van der Waals surface area contributed by atoms with E-state index in [1.54, 1.807) is 6.92 Å². The Morgan fingerprint density at radius 1 is 1.08 bits per heavy atom. The lowest BCUT2D eigenvalue weighted by molar-refractivity contribution is 0.115. The van der Waals surface area contributed by atoms with Crippen LogP contribution in [-0.4, -0.2) is 95.1 Å². The molecule has 0 aliphatic carbocycles. The fourth-order valence-electron chi connectivity index (χ4n) is 8.69. The van der Waals surface area contributed by atoms with Gasteiger partial charge in [0.2, 0.25) is 5.88 Å². The molecule has 5 atom stereocenters. The molecule has 2 aromatic carbocycles. The number of piperazine rings is 1. The molecule has 4 saturated heterocycles. The van der Waals surface area contributed by atoms with E-state index in [4.69, 9.17) is 19.6 Å². The molecule has 49 heavy (non-hydrogen) atoms. The predicted octanol–water partition coefficient (Wildman–Crippen LogP) is 4.65. The van der Waals surface area contributed by atoms with Crippen molar-refractivity contribution < 1.29 is 32.2 Å². The Hall–Kier alpha value is -4.16. The van der Waals surface area contributed by atoms with Gasteiger partial charge < -0.3 is 29.6 Å². The van der Waals surface area contributed by atoms with Gasteiger partial charge in [-0.15, -0.1) is 0 Å². The third-order valence-electron chi connectivity index (χ3n) is 10.7. The number of fused-ring (bicyclic) bond motifs is 7. The number of aromatic nitrogens is 2. The number of β-amino-alcohol motifs (C(OH)–C–C–N with tert-alkyl or cyclic N) is 1. The first-order valence-electron chi connectivity index (χ1n) is 16.8. The van der Waals surface area contributed by atoms with Crippen LogP contribution in [0.1, 0.15) is 49.3 Å². The van der Waals surface area contributed by atoms with Crippen LogP contribution in [-0.2, 0) is 18.0 Å². The second-order valence-corrected chi connectivity index (χ2v) is 13.8. The molecule has 0 spiro atoms. The highest BCUT2D eigenvalue weighted by atomic mass is 19.1. The van der Waals surface area contributed by atoms with E-state index in [0.29, 0.717) is 48.0 Å². The fourth-order valence-corrected chi connectivity index (χ4v) is 8.69. The molecule has 258 valence electrons. The lowest BCUT2D eigenvalue weighted by atomic mass is 9.90. The molecule has 3 N–H and O–H groups in total. The van der Waals surface area contributed by atoms with Crippen molar-refractivity contribution in [3.63, 3.8) is 0 Å². The summed E-state index contributed by atoms with van der Waals surface area (Å²) < 4.78 is 61.7. The van der Waals surface area contributed by atoms with Crippen LogP contribution in [0.3, 0.4) is 0 Å². The van der Waals surface area contributed by atoms with Gasteiger partial charge in [-0.25, -0.2) is 13.2 Å². The van der Waals surface area contributed by atoms with E-state index in [0.717, 1.165) is 25.9 Å². The van der Waals surface area contributed by atoms with Crippen LogP contribution in [0.2, 0.25) is 0 Å². The number of alkyl halides is 1. The molecular weight excluding hydrogens is 639 g/mol. The van der Waals surface area contributed by atoms with Crippen LogP contribution < -0.4 is 15.4 Å². The second-order valence-electron chi connectivity index (χ2n) is 13.8. The topological polar surface area (TPSA) is 137 Å². The van der Waals surface area contributed by atoms with E-state index in [1.165, 1.54) is 32.1 Å². The summed E-state index contributed by atoms with van der Waals surface area (Å²) in [5.74, 6) is -1.12. The lowest BCUT2D eigenvalue weighted by Crippen LogP contribution is -2.48. The van der Waals surface area contributed by atoms with Crippen molar-refractivity contribution in [3.05, 3.63) is 40.5 Å². The lowest BCUT2D eigenvalue weighted by Gasteiger charge is -2.36. The highest BCUT2D eigenvalue weighted by molar-refractivity contribution is 6.05. The Morgan fingerprint density at radius 3 is 2.61 bits per heavy atom. The van der Waals surface area contributed by atoms with Crippen molar-refractivity contribution in [3.8, 4) is 23.2 Å². The number of nitrogen functional groups attached to an aromatic ring is 1. The largest absolute Gasteiger partial charge is 0.467 e. The van der Waals surface area contributed by atoms with E-state index in [2.05, 4.69) is 24.7 Å². The highest BCUT2D eigenvalue weighted by Gasteiger charge is 2.45. The van der Waals surface area contributed by atoms with Crippen LogP contribution in [0.4, 0.5) is 24.9 Å². The van der Waals surface area contributed by atoms with Crippen molar-refractivity contribution in [2.45, 2.75) is 76.2 Å². The van der Waals surface area contributed by atoms with Crippen LogP contribution in [0.15, 0.2) is 16.5 Å². The van der Waals surface area contributed by atoms with Gasteiger partial charge in [-0.05, 0) is 62.4 Å². The highest BCUT2D eigenvalue weighted by Crippen LogP contribution is 2.48. The van der Waals surface area contributed by atoms with E-state index in [-0.39, 0.29) is 70.4 Å².